The SMILES string of the molecule is CC(C)CCOc1cccc(C#N)n1. The molecule has 0 aliphatic carbocycles. The van der Waals surface area contributed by atoms with Gasteiger partial charge in [0.05, 0.1) is 6.61 Å². The minimum atomic E-state index is 0.395. The van der Waals surface area contributed by atoms with Crippen LogP contribution in [0.15, 0.2) is 18.2 Å². The van der Waals surface area contributed by atoms with Crippen LogP contribution in [0, 0.1) is 17.2 Å². The highest BCUT2D eigenvalue weighted by Crippen LogP contribution is 2.08. The molecule has 0 atom stereocenters. The normalized spacial score (nSPS) is 9.86. The first-order valence-corrected chi connectivity index (χ1v) is 4.72. The summed E-state index contributed by atoms with van der Waals surface area (Å²) in [6.45, 7) is 4.94. The summed E-state index contributed by atoms with van der Waals surface area (Å²) in [6, 6.07) is 7.18. The maximum atomic E-state index is 8.61. The van der Waals surface area contributed by atoms with Crippen LogP contribution in [-0.2, 0) is 0 Å². The zero-order valence-corrected chi connectivity index (χ0v) is 8.53. The monoisotopic (exact) mass is 190 g/mol. The van der Waals surface area contributed by atoms with Crippen LogP contribution in [-0.4, -0.2) is 11.6 Å². The highest BCUT2D eigenvalue weighted by Gasteiger charge is 1.98. The fourth-order valence-corrected chi connectivity index (χ4v) is 0.957. The van der Waals surface area contributed by atoms with Crippen molar-refractivity contribution in [3.63, 3.8) is 0 Å². The molecule has 14 heavy (non-hydrogen) atoms. The first-order valence-electron chi connectivity index (χ1n) is 4.72. The molecule has 1 aromatic heterocycles. The molecule has 1 heterocycles. The fourth-order valence-electron chi connectivity index (χ4n) is 0.957. The molecule has 0 fully saturated rings. The molecule has 0 spiro atoms. The lowest BCUT2D eigenvalue weighted by atomic mass is 10.1. The average Bonchev–Trinajstić information content (AvgIpc) is 2.18. The Bertz CT molecular complexity index is 328. The van der Waals surface area contributed by atoms with Crippen LogP contribution in [0.1, 0.15) is 26.0 Å². The summed E-state index contributed by atoms with van der Waals surface area (Å²) in [5.74, 6) is 1.15. The predicted molar refractivity (Wildman–Crippen MR) is 53.9 cm³/mol. The first kappa shape index (κ1) is 10.5. The van der Waals surface area contributed by atoms with E-state index in [1.165, 1.54) is 0 Å². The van der Waals surface area contributed by atoms with Crippen molar-refractivity contribution in [3.8, 4) is 11.9 Å². The van der Waals surface area contributed by atoms with Gasteiger partial charge < -0.3 is 4.74 Å². The van der Waals surface area contributed by atoms with Gasteiger partial charge in [0.2, 0.25) is 5.88 Å². The largest absolute Gasteiger partial charge is 0.478 e. The summed E-state index contributed by atoms with van der Waals surface area (Å²) in [5.41, 5.74) is 0.395. The van der Waals surface area contributed by atoms with Crippen LogP contribution in [0.5, 0.6) is 5.88 Å². The van der Waals surface area contributed by atoms with Crippen LogP contribution >= 0.6 is 0 Å². The summed E-state index contributed by atoms with van der Waals surface area (Å²) in [4.78, 5) is 4.00. The van der Waals surface area contributed by atoms with E-state index in [0.717, 1.165) is 6.42 Å². The van der Waals surface area contributed by atoms with Gasteiger partial charge in [0.25, 0.3) is 0 Å². The van der Waals surface area contributed by atoms with Gasteiger partial charge in [-0.25, -0.2) is 4.98 Å². The Kier molecular flexibility index (Phi) is 3.93. The molecule has 0 unspecified atom stereocenters. The number of pyridine rings is 1. The van der Waals surface area contributed by atoms with Crippen LogP contribution in [0.2, 0.25) is 0 Å². The number of nitriles is 1. The highest BCUT2D eigenvalue weighted by atomic mass is 16.5. The van der Waals surface area contributed by atoms with Gasteiger partial charge in [0, 0.05) is 6.07 Å². The van der Waals surface area contributed by atoms with E-state index in [9.17, 15) is 0 Å². The molecule has 74 valence electrons. The molecule has 0 aromatic carbocycles. The zero-order chi connectivity index (χ0) is 10.4. The summed E-state index contributed by atoms with van der Waals surface area (Å²) >= 11 is 0. The van der Waals surface area contributed by atoms with Crippen molar-refractivity contribution in [1.82, 2.24) is 4.98 Å². The quantitative estimate of drug-likeness (QED) is 0.732. The third-order valence-electron chi connectivity index (χ3n) is 1.78. The lowest BCUT2D eigenvalue weighted by Gasteiger charge is -2.06. The molecule has 0 bridgehead atoms. The van der Waals surface area contributed by atoms with Crippen molar-refractivity contribution in [2.45, 2.75) is 20.3 Å². The number of hydrogen-bond donors (Lipinski definition) is 0. The number of ether oxygens (including phenoxy) is 1. The Labute approximate surface area is 84.3 Å². The lowest BCUT2D eigenvalue weighted by Crippen LogP contribution is -2.02. The second-order valence-electron chi connectivity index (χ2n) is 3.50. The maximum absolute atomic E-state index is 8.61. The summed E-state index contributed by atoms with van der Waals surface area (Å²) in [7, 11) is 0. The summed E-state index contributed by atoms with van der Waals surface area (Å²) in [6.07, 6.45) is 0.998. The number of rotatable bonds is 4. The first-order chi connectivity index (χ1) is 6.72. The van der Waals surface area contributed by atoms with E-state index in [2.05, 4.69) is 18.8 Å². The van der Waals surface area contributed by atoms with E-state index in [1.807, 2.05) is 6.07 Å². The molecule has 0 saturated heterocycles. The lowest BCUT2D eigenvalue weighted by molar-refractivity contribution is 0.279. The highest BCUT2D eigenvalue weighted by molar-refractivity contribution is 5.24. The van der Waals surface area contributed by atoms with Gasteiger partial charge in [-0.05, 0) is 18.4 Å². The zero-order valence-electron chi connectivity index (χ0n) is 8.53. The van der Waals surface area contributed by atoms with E-state index in [1.54, 1.807) is 18.2 Å². The Morgan fingerprint density at radius 3 is 2.93 bits per heavy atom. The Hall–Kier alpha value is -1.56. The van der Waals surface area contributed by atoms with Crippen LogP contribution in [0.4, 0.5) is 0 Å². The average molecular weight is 190 g/mol. The van der Waals surface area contributed by atoms with Crippen molar-refractivity contribution in [3.05, 3.63) is 23.9 Å². The van der Waals surface area contributed by atoms with E-state index in [0.29, 0.717) is 24.1 Å². The molecule has 0 radical (unpaired) electrons. The van der Waals surface area contributed by atoms with Gasteiger partial charge in [-0.1, -0.05) is 19.9 Å². The molecule has 0 saturated carbocycles. The Morgan fingerprint density at radius 1 is 1.50 bits per heavy atom. The second kappa shape index (κ2) is 5.23. The molecule has 0 aliphatic rings. The third kappa shape index (κ3) is 3.44. The van der Waals surface area contributed by atoms with Gasteiger partial charge in [0.1, 0.15) is 11.8 Å². The molecule has 1 aromatic rings. The Morgan fingerprint density at radius 2 is 2.29 bits per heavy atom. The second-order valence-corrected chi connectivity index (χ2v) is 3.50. The van der Waals surface area contributed by atoms with Crippen LogP contribution in [0.25, 0.3) is 0 Å². The minimum Gasteiger partial charge on any atom is -0.478 e. The van der Waals surface area contributed by atoms with E-state index in [4.69, 9.17) is 10.00 Å². The van der Waals surface area contributed by atoms with Crippen molar-refractivity contribution < 1.29 is 4.74 Å². The van der Waals surface area contributed by atoms with Gasteiger partial charge in [0.15, 0.2) is 0 Å². The topological polar surface area (TPSA) is 45.9 Å². The van der Waals surface area contributed by atoms with Gasteiger partial charge in [-0.3, -0.25) is 0 Å². The van der Waals surface area contributed by atoms with Gasteiger partial charge in [-0.2, -0.15) is 5.26 Å². The number of nitrogens with zero attached hydrogens (tertiary/aromatic N) is 2. The maximum Gasteiger partial charge on any atom is 0.214 e. The van der Waals surface area contributed by atoms with Crippen molar-refractivity contribution >= 4 is 0 Å². The van der Waals surface area contributed by atoms with Crippen molar-refractivity contribution in [2.24, 2.45) is 5.92 Å². The van der Waals surface area contributed by atoms with Crippen molar-refractivity contribution in [2.75, 3.05) is 6.61 Å². The molecule has 0 aliphatic heterocycles. The predicted octanol–water partition coefficient (Wildman–Crippen LogP) is 2.38. The molecular weight excluding hydrogens is 176 g/mol. The molecule has 3 heteroatoms. The minimum absolute atomic E-state index is 0.395. The number of aromatic nitrogens is 1. The number of hydrogen-bond acceptors (Lipinski definition) is 3. The standard InChI is InChI=1S/C11H14N2O/c1-9(2)6-7-14-11-5-3-4-10(8-12)13-11/h3-5,9H,6-7H2,1-2H3. The summed E-state index contributed by atoms with van der Waals surface area (Å²) in [5, 5.41) is 8.61. The third-order valence-corrected chi connectivity index (χ3v) is 1.78. The van der Waals surface area contributed by atoms with Gasteiger partial charge in [-0.15, -0.1) is 0 Å². The van der Waals surface area contributed by atoms with E-state index < -0.39 is 0 Å². The molecular formula is C11H14N2O. The van der Waals surface area contributed by atoms with Crippen LogP contribution < -0.4 is 4.74 Å². The fraction of sp³-hybridized carbons (Fsp3) is 0.455. The van der Waals surface area contributed by atoms with Crippen LogP contribution in [0.3, 0.4) is 0 Å². The molecule has 0 amide bonds. The molecule has 1 rings (SSSR count). The molecule has 3 nitrogen and oxygen atoms in total. The van der Waals surface area contributed by atoms with Gasteiger partial charge >= 0.3 is 0 Å². The smallest absolute Gasteiger partial charge is 0.214 e. The van der Waals surface area contributed by atoms with Crippen molar-refractivity contribution in [1.29, 1.82) is 5.26 Å². The Balaban J connectivity index is 2.47. The molecule has 0 N–H and O–H groups in total. The van der Waals surface area contributed by atoms with E-state index in [-0.39, 0.29) is 0 Å². The van der Waals surface area contributed by atoms with E-state index >= 15 is 0 Å². The summed E-state index contributed by atoms with van der Waals surface area (Å²) < 4.78 is 5.40.